The number of nitrogens with one attached hydrogen (secondary N) is 1. The van der Waals surface area contributed by atoms with Gasteiger partial charge in [-0.25, -0.2) is 0 Å². The van der Waals surface area contributed by atoms with Gasteiger partial charge in [0.25, 0.3) is 0 Å². The van der Waals surface area contributed by atoms with E-state index in [1.165, 1.54) is 0 Å². The van der Waals surface area contributed by atoms with Crippen LogP contribution in [-0.2, 0) is 11.2 Å². The second-order valence-corrected chi connectivity index (χ2v) is 4.91. The first kappa shape index (κ1) is 13.5. The summed E-state index contributed by atoms with van der Waals surface area (Å²) >= 11 is 0. The Balaban J connectivity index is 1.92. The molecule has 2 rings (SSSR count). The average molecular weight is 253 g/mol. The lowest BCUT2D eigenvalue weighted by Crippen LogP contribution is -2.27. The molecular weight excluding hydrogens is 230 g/mol. The Morgan fingerprint density at radius 3 is 2.83 bits per heavy atom. The van der Waals surface area contributed by atoms with Crippen LogP contribution in [0.4, 0.5) is 0 Å². The van der Waals surface area contributed by atoms with Gasteiger partial charge in [0.1, 0.15) is 0 Å². The Hall–Kier alpha value is -0.940. The molecule has 1 N–H and O–H groups in total. The Morgan fingerprint density at radius 2 is 2.17 bits per heavy atom. The van der Waals surface area contributed by atoms with E-state index >= 15 is 0 Å². The minimum atomic E-state index is 0.412. The first-order chi connectivity index (χ1) is 8.83. The maximum atomic E-state index is 5.35. The highest BCUT2D eigenvalue weighted by molar-refractivity contribution is 4.97. The first-order valence-electron chi connectivity index (χ1n) is 6.91. The normalized spacial score (nSPS) is 19.0. The van der Waals surface area contributed by atoms with Crippen molar-refractivity contribution in [2.75, 3.05) is 20.3 Å². The number of ether oxygens (including phenoxy) is 1. The highest BCUT2D eigenvalue weighted by Gasteiger charge is 2.22. The van der Waals surface area contributed by atoms with Crippen LogP contribution in [0, 0.1) is 0 Å². The summed E-state index contributed by atoms with van der Waals surface area (Å²) < 4.78 is 10.7. The van der Waals surface area contributed by atoms with E-state index in [-0.39, 0.29) is 0 Å². The minimum absolute atomic E-state index is 0.412. The molecule has 102 valence electrons. The van der Waals surface area contributed by atoms with Crippen molar-refractivity contribution >= 4 is 0 Å². The molecule has 2 heterocycles. The van der Waals surface area contributed by atoms with Crippen molar-refractivity contribution in [1.82, 2.24) is 15.5 Å². The lowest BCUT2D eigenvalue weighted by Gasteiger charge is -2.18. The fourth-order valence-corrected chi connectivity index (χ4v) is 2.38. The Labute approximate surface area is 108 Å². The van der Waals surface area contributed by atoms with E-state index in [0.717, 1.165) is 57.0 Å². The van der Waals surface area contributed by atoms with Crippen molar-refractivity contribution < 1.29 is 9.26 Å². The molecule has 1 aliphatic rings. The van der Waals surface area contributed by atoms with Crippen LogP contribution in [-0.4, -0.2) is 36.4 Å². The van der Waals surface area contributed by atoms with Gasteiger partial charge in [-0.1, -0.05) is 18.5 Å². The molecule has 5 heteroatoms. The summed E-state index contributed by atoms with van der Waals surface area (Å²) in [6.45, 7) is 3.80. The lowest BCUT2D eigenvalue weighted by atomic mass is 10.00. The van der Waals surface area contributed by atoms with E-state index in [0.29, 0.717) is 12.0 Å². The molecule has 0 radical (unpaired) electrons. The number of aromatic nitrogens is 2. The van der Waals surface area contributed by atoms with Crippen molar-refractivity contribution in [1.29, 1.82) is 0 Å². The fourth-order valence-electron chi connectivity index (χ4n) is 2.38. The van der Waals surface area contributed by atoms with E-state index < -0.39 is 0 Å². The molecule has 5 nitrogen and oxygen atoms in total. The van der Waals surface area contributed by atoms with Gasteiger partial charge in [0.05, 0.1) is 0 Å². The molecule has 1 unspecified atom stereocenters. The molecule has 0 aromatic carbocycles. The third-order valence-corrected chi connectivity index (χ3v) is 3.54. The highest BCUT2D eigenvalue weighted by atomic mass is 16.5. The molecule has 1 aliphatic heterocycles. The monoisotopic (exact) mass is 253 g/mol. The number of rotatable bonds is 6. The molecule has 18 heavy (non-hydrogen) atoms. The van der Waals surface area contributed by atoms with Crippen LogP contribution in [0.2, 0.25) is 0 Å². The summed E-state index contributed by atoms with van der Waals surface area (Å²) in [4.78, 5) is 4.53. The largest absolute Gasteiger partial charge is 0.381 e. The van der Waals surface area contributed by atoms with Gasteiger partial charge < -0.3 is 14.6 Å². The third kappa shape index (κ3) is 3.53. The van der Waals surface area contributed by atoms with Crippen LogP contribution < -0.4 is 5.32 Å². The lowest BCUT2D eigenvalue weighted by molar-refractivity contribution is 0.0830. The predicted octanol–water partition coefficient (Wildman–Crippen LogP) is 1.89. The van der Waals surface area contributed by atoms with Crippen LogP contribution in [0.5, 0.6) is 0 Å². The molecule has 1 aromatic heterocycles. The topological polar surface area (TPSA) is 60.2 Å². The van der Waals surface area contributed by atoms with Crippen LogP contribution in [0.3, 0.4) is 0 Å². The molecular formula is C13H23N3O2. The molecule has 1 atom stereocenters. The van der Waals surface area contributed by atoms with Gasteiger partial charge in [-0.15, -0.1) is 0 Å². The van der Waals surface area contributed by atoms with Crippen molar-refractivity contribution in [2.24, 2.45) is 0 Å². The van der Waals surface area contributed by atoms with Crippen LogP contribution in [0.25, 0.3) is 0 Å². The molecule has 0 spiro atoms. The zero-order valence-corrected chi connectivity index (χ0v) is 11.3. The van der Waals surface area contributed by atoms with Crippen molar-refractivity contribution in [3.8, 4) is 0 Å². The summed E-state index contributed by atoms with van der Waals surface area (Å²) in [6, 6.07) is 0.429. The van der Waals surface area contributed by atoms with Gasteiger partial charge in [-0.3, -0.25) is 0 Å². The zero-order valence-electron chi connectivity index (χ0n) is 11.3. The van der Waals surface area contributed by atoms with Gasteiger partial charge in [0, 0.05) is 31.6 Å². The quantitative estimate of drug-likeness (QED) is 0.839. The van der Waals surface area contributed by atoms with Crippen molar-refractivity contribution in [3.05, 3.63) is 11.7 Å². The smallest absolute Gasteiger partial charge is 0.228 e. The molecule has 1 aromatic rings. The van der Waals surface area contributed by atoms with E-state index in [2.05, 4.69) is 22.4 Å². The van der Waals surface area contributed by atoms with Crippen molar-refractivity contribution in [3.63, 3.8) is 0 Å². The molecule has 0 aliphatic carbocycles. The molecule has 0 bridgehead atoms. The summed E-state index contributed by atoms with van der Waals surface area (Å²) in [5.74, 6) is 2.03. The van der Waals surface area contributed by atoms with E-state index in [1.54, 1.807) is 0 Å². The summed E-state index contributed by atoms with van der Waals surface area (Å²) in [5.41, 5.74) is 0. The maximum absolute atomic E-state index is 5.35. The number of nitrogens with zero attached hydrogens (tertiary/aromatic N) is 2. The Morgan fingerprint density at radius 1 is 1.39 bits per heavy atom. The van der Waals surface area contributed by atoms with E-state index in [4.69, 9.17) is 9.26 Å². The minimum Gasteiger partial charge on any atom is -0.381 e. The summed E-state index contributed by atoms with van der Waals surface area (Å²) in [6.07, 6.45) is 5.12. The molecule has 1 saturated heterocycles. The number of likely N-dealkylation sites (N-methyl/N-ethyl adjacent to an activating group) is 1. The zero-order chi connectivity index (χ0) is 12.8. The van der Waals surface area contributed by atoms with Crippen LogP contribution >= 0.6 is 0 Å². The summed E-state index contributed by atoms with van der Waals surface area (Å²) in [5, 5.41) is 7.41. The fraction of sp³-hybridized carbons (Fsp3) is 0.846. The van der Waals surface area contributed by atoms with Crippen molar-refractivity contribution in [2.45, 2.75) is 51.0 Å². The number of hydrogen-bond donors (Lipinski definition) is 1. The average Bonchev–Trinajstić information content (AvgIpc) is 2.88. The number of hydrogen-bond acceptors (Lipinski definition) is 5. The van der Waals surface area contributed by atoms with Gasteiger partial charge in [0.15, 0.2) is 5.82 Å². The highest BCUT2D eigenvalue weighted by Crippen LogP contribution is 2.24. The van der Waals surface area contributed by atoms with Gasteiger partial charge in [-0.05, 0) is 26.3 Å². The molecule has 0 saturated carbocycles. The SMILES string of the molecule is CCCC(Cc1nc(C2CCOCC2)no1)NC. The second-order valence-electron chi connectivity index (χ2n) is 4.91. The standard InChI is InChI=1S/C13H23N3O2/c1-3-4-11(14-2)9-12-15-13(16-18-12)10-5-7-17-8-6-10/h10-11,14H,3-9H2,1-2H3. The molecule has 0 amide bonds. The van der Waals surface area contributed by atoms with Gasteiger partial charge >= 0.3 is 0 Å². The van der Waals surface area contributed by atoms with E-state index in [9.17, 15) is 0 Å². The van der Waals surface area contributed by atoms with Crippen LogP contribution in [0.15, 0.2) is 4.52 Å². The van der Waals surface area contributed by atoms with E-state index in [1.807, 2.05) is 7.05 Å². The second kappa shape index (κ2) is 6.85. The Bertz CT molecular complexity index is 348. The van der Waals surface area contributed by atoms with Crippen LogP contribution in [0.1, 0.15) is 50.2 Å². The Kier molecular flexibility index (Phi) is 5.13. The third-order valence-electron chi connectivity index (χ3n) is 3.54. The maximum Gasteiger partial charge on any atom is 0.228 e. The first-order valence-corrected chi connectivity index (χ1v) is 6.91. The predicted molar refractivity (Wildman–Crippen MR) is 68.6 cm³/mol. The molecule has 1 fully saturated rings. The van der Waals surface area contributed by atoms with Gasteiger partial charge in [-0.2, -0.15) is 4.98 Å². The summed E-state index contributed by atoms with van der Waals surface area (Å²) in [7, 11) is 1.98. The van der Waals surface area contributed by atoms with Gasteiger partial charge in [0.2, 0.25) is 5.89 Å².